The first kappa shape index (κ1) is 10.1. The average molecular weight is 228 g/mol. The van der Waals surface area contributed by atoms with Gasteiger partial charge < -0.3 is 15.8 Å². The molecule has 1 aliphatic heterocycles. The van der Waals surface area contributed by atoms with Gasteiger partial charge in [0, 0.05) is 17.7 Å². The smallest absolute Gasteiger partial charge is 0.163 e. The second-order valence-corrected chi connectivity index (χ2v) is 4.47. The molecule has 0 amide bonds. The fourth-order valence-electron chi connectivity index (χ4n) is 2.67. The van der Waals surface area contributed by atoms with Crippen molar-refractivity contribution < 1.29 is 9.59 Å². The molecular formula is C13H12N2O2. The van der Waals surface area contributed by atoms with Crippen LogP contribution in [0.15, 0.2) is 29.8 Å². The number of hydrogen-bond acceptors (Lipinski definition) is 4. The minimum atomic E-state index is -0.907. The van der Waals surface area contributed by atoms with Gasteiger partial charge in [-0.1, -0.05) is 18.2 Å². The number of fused-ring (bicyclic) bond motifs is 2. The summed E-state index contributed by atoms with van der Waals surface area (Å²) in [4.78, 5) is 23.2. The Bertz CT molecular complexity index is 562. The molecule has 1 unspecified atom stereocenters. The summed E-state index contributed by atoms with van der Waals surface area (Å²) < 4.78 is 0. The number of rotatable bonds is 1. The number of benzene rings is 1. The number of anilines is 1. The van der Waals surface area contributed by atoms with Crippen molar-refractivity contribution in [3.8, 4) is 0 Å². The Morgan fingerprint density at radius 2 is 2.12 bits per heavy atom. The molecule has 4 heteroatoms. The standard InChI is InChI=1S/C13H12N2O2/c14-12-8-3-1-2-4-9(8)15-13(7-16)6-5-10(17)11(12)13/h1-4,7,15H,5-6,14H2. The van der Waals surface area contributed by atoms with E-state index in [0.29, 0.717) is 24.1 Å². The first-order valence-corrected chi connectivity index (χ1v) is 5.55. The van der Waals surface area contributed by atoms with Crippen LogP contribution in [-0.4, -0.2) is 17.6 Å². The second-order valence-electron chi connectivity index (χ2n) is 4.47. The lowest BCUT2D eigenvalue weighted by Gasteiger charge is -2.33. The molecule has 0 saturated heterocycles. The molecule has 3 rings (SSSR count). The van der Waals surface area contributed by atoms with E-state index >= 15 is 0 Å². The van der Waals surface area contributed by atoms with Crippen molar-refractivity contribution in [3.05, 3.63) is 35.4 Å². The molecule has 3 N–H and O–H groups in total. The van der Waals surface area contributed by atoms with Crippen LogP contribution >= 0.6 is 0 Å². The highest BCUT2D eigenvalue weighted by Crippen LogP contribution is 2.42. The van der Waals surface area contributed by atoms with Crippen LogP contribution in [0.25, 0.3) is 5.70 Å². The number of para-hydroxylation sites is 1. The maximum atomic E-state index is 11.9. The highest BCUT2D eigenvalue weighted by Gasteiger charge is 2.47. The van der Waals surface area contributed by atoms with E-state index in [1.807, 2.05) is 24.3 Å². The van der Waals surface area contributed by atoms with Crippen LogP contribution in [-0.2, 0) is 9.59 Å². The van der Waals surface area contributed by atoms with E-state index in [4.69, 9.17) is 5.73 Å². The first-order chi connectivity index (χ1) is 8.18. The highest BCUT2D eigenvalue weighted by atomic mass is 16.1. The summed E-state index contributed by atoms with van der Waals surface area (Å²) in [5, 5.41) is 3.16. The quantitative estimate of drug-likeness (QED) is 0.705. The van der Waals surface area contributed by atoms with Gasteiger partial charge >= 0.3 is 0 Å². The normalized spacial score (nSPS) is 26.2. The van der Waals surface area contributed by atoms with Crippen molar-refractivity contribution in [1.82, 2.24) is 0 Å². The van der Waals surface area contributed by atoms with E-state index in [0.717, 1.165) is 17.5 Å². The summed E-state index contributed by atoms with van der Waals surface area (Å²) >= 11 is 0. The lowest BCUT2D eigenvalue weighted by molar-refractivity contribution is -0.115. The monoisotopic (exact) mass is 228 g/mol. The molecule has 0 aromatic heterocycles. The van der Waals surface area contributed by atoms with E-state index < -0.39 is 5.54 Å². The molecule has 0 radical (unpaired) electrons. The molecule has 1 heterocycles. The largest absolute Gasteiger partial charge is 0.398 e. The highest BCUT2D eigenvalue weighted by molar-refractivity contribution is 6.14. The number of nitrogens with one attached hydrogen (secondary N) is 1. The van der Waals surface area contributed by atoms with Crippen LogP contribution in [0.5, 0.6) is 0 Å². The van der Waals surface area contributed by atoms with E-state index in [2.05, 4.69) is 5.32 Å². The Hall–Kier alpha value is -2.10. The minimum Gasteiger partial charge on any atom is -0.398 e. The number of Topliss-reactive ketones (excluding diaryl/α,β-unsaturated/α-hetero) is 1. The van der Waals surface area contributed by atoms with E-state index in [1.54, 1.807) is 0 Å². The fourth-order valence-corrected chi connectivity index (χ4v) is 2.67. The van der Waals surface area contributed by atoms with Gasteiger partial charge in [0.25, 0.3) is 0 Å². The average Bonchev–Trinajstić information content (AvgIpc) is 2.68. The molecule has 2 aliphatic rings. The fraction of sp³-hybridized carbons (Fsp3) is 0.231. The third-order valence-corrected chi connectivity index (χ3v) is 3.52. The Balaban J connectivity index is 2.30. The molecule has 1 aliphatic carbocycles. The third kappa shape index (κ3) is 1.18. The number of nitrogens with two attached hydrogens (primary N) is 1. The van der Waals surface area contributed by atoms with Gasteiger partial charge in [0.2, 0.25) is 0 Å². The van der Waals surface area contributed by atoms with Crippen LogP contribution in [0.3, 0.4) is 0 Å². The van der Waals surface area contributed by atoms with Gasteiger partial charge in [-0.15, -0.1) is 0 Å². The van der Waals surface area contributed by atoms with E-state index in [9.17, 15) is 9.59 Å². The molecule has 86 valence electrons. The number of carbonyl (C=O) groups excluding carboxylic acids is 2. The molecule has 1 atom stereocenters. The topological polar surface area (TPSA) is 72.2 Å². The Kier molecular flexibility index (Phi) is 1.90. The van der Waals surface area contributed by atoms with Gasteiger partial charge in [-0.2, -0.15) is 0 Å². The lowest BCUT2D eigenvalue weighted by Crippen LogP contribution is -2.43. The second kappa shape index (κ2) is 3.20. The summed E-state index contributed by atoms with van der Waals surface area (Å²) in [5.41, 5.74) is 7.63. The van der Waals surface area contributed by atoms with Gasteiger partial charge in [0.15, 0.2) is 5.78 Å². The number of carbonyl (C=O) groups is 2. The van der Waals surface area contributed by atoms with E-state index in [1.165, 1.54) is 0 Å². The van der Waals surface area contributed by atoms with Crippen molar-refractivity contribution in [2.45, 2.75) is 18.4 Å². The van der Waals surface area contributed by atoms with Crippen LogP contribution < -0.4 is 11.1 Å². The zero-order chi connectivity index (χ0) is 12.0. The van der Waals surface area contributed by atoms with Crippen molar-refractivity contribution in [2.75, 3.05) is 5.32 Å². The molecule has 0 bridgehead atoms. The molecule has 1 fully saturated rings. The van der Waals surface area contributed by atoms with Gasteiger partial charge in [-0.05, 0) is 12.5 Å². The van der Waals surface area contributed by atoms with Crippen LogP contribution in [0.4, 0.5) is 5.69 Å². The SMILES string of the molecule is NC1=C2C(=O)CCC2(C=O)Nc2ccccc21. The molecule has 4 nitrogen and oxygen atoms in total. The zero-order valence-corrected chi connectivity index (χ0v) is 9.19. The lowest BCUT2D eigenvalue weighted by atomic mass is 9.86. The van der Waals surface area contributed by atoms with E-state index in [-0.39, 0.29) is 5.78 Å². The summed E-state index contributed by atoms with van der Waals surface area (Å²) in [6, 6.07) is 7.46. The molecule has 0 spiro atoms. The zero-order valence-electron chi connectivity index (χ0n) is 9.19. The summed E-state index contributed by atoms with van der Waals surface area (Å²) in [7, 11) is 0. The van der Waals surface area contributed by atoms with Gasteiger partial charge in [-0.3, -0.25) is 4.79 Å². The first-order valence-electron chi connectivity index (χ1n) is 5.55. The minimum absolute atomic E-state index is 0.0309. The summed E-state index contributed by atoms with van der Waals surface area (Å²) in [6.45, 7) is 0. The number of hydrogen-bond donors (Lipinski definition) is 2. The Labute approximate surface area is 98.5 Å². The molecule has 1 saturated carbocycles. The Morgan fingerprint density at radius 3 is 2.88 bits per heavy atom. The van der Waals surface area contributed by atoms with Crippen LogP contribution in [0.1, 0.15) is 18.4 Å². The van der Waals surface area contributed by atoms with Gasteiger partial charge in [-0.25, -0.2) is 0 Å². The summed E-state index contributed by atoms with van der Waals surface area (Å²) in [5.74, 6) is -0.0309. The van der Waals surface area contributed by atoms with Crippen LogP contribution in [0, 0.1) is 0 Å². The number of ketones is 1. The number of aldehydes is 1. The molecular weight excluding hydrogens is 216 g/mol. The maximum Gasteiger partial charge on any atom is 0.163 e. The Morgan fingerprint density at radius 1 is 1.35 bits per heavy atom. The predicted octanol–water partition coefficient (Wildman–Crippen LogP) is 1.08. The third-order valence-electron chi connectivity index (χ3n) is 3.52. The summed E-state index contributed by atoms with van der Waals surface area (Å²) in [6.07, 6.45) is 1.66. The van der Waals surface area contributed by atoms with Crippen molar-refractivity contribution >= 4 is 23.5 Å². The van der Waals surface area contributed by atoms with Crippen molar-refractivity contribution in [1.29, 1.82) is 0 Å². The molecule has 1 aromatic rings. The van der Waals surface area contributed by atoms with Crippen molar-refractivity contribution in [3.63, 3.8) is 0 Å². The molecule has 1 aromatic carbocycles. The molecule has 17 heavy (non-hydrogen) atoms. The van der Waals surface area contributed by atoms with Gasteiger partial charge in [0.05, 0.1) is 11.3 Å². The van der Waals surface area contributed by atoms with Gasteiger partial charge in [0.1, 0.15) is 11.8 Å². The predicted molar refractivity (Wildman–Crippen MR) is 64.2 cm³/mol. The maximum absolute atomic E-state index is 11.9. The van der Waals surface area contributed by atoms with Crippen molar-refractivity contribution in [2.24, 2.45) is 5.73 Å². The van der Waals surface area contributed by atoms with Crippen LogP contribution in [0.2, 0.25) is 0 Å².